The summed E-state index contributed by atoms with van der Waals surface area (Å²) in [6.45, 7) is 0. The first-order chi connectivity index (χ1) is 5.86. The van der Waals surface area contributed by atoms with Gasteiger partial charge < -0.3 is 5.11 Å². The van der Waals surface area contributed by atoms with Crippen LogP contribution in [0.25, 0.3) is 0 Å². The van der Waals surface area contributed by atoms with Gasteiger partial charge in [-0.1, -0.05) is 24.3 Å². The molecule has 0 aliphatic carbocycles. The van der Waals surface area contributed by atoms with Gasteiger partial charge in [0.05, 0.1) is 6.26 Å². The van der Waals surface area contributed by atoms with Crippen LogP contribution >= 0.6 is 0 Å². The number of benzene rings is 1. The lowest BCUT2D eigenvalue weighted by Crippen LogP contribution is -1.83. The molecule has 0 aromatic heterocycles. The first kappa shape index (κ1) is 8.53. The van der Waals surface area contributed by atoms with Gasteiger partial charge in [-0.2, -0.15) is 0 Å². The van der Waals surface area contributed by atoms with Crippen molar-refractivity contribution in [1.82, 2.24) is 0 Å². The monoisotopic (exact) mass is 162 g/mol. The molecule has 1 N–H and O–H groups in total. The molecule has 0 saturated carbocycles. The van der Waals surface area contributed by atoms with E-state index in [0.717, 1.165) is 18.1 Å². The Labute approximate surface area is 71.2 Å². The van der Waals surface area contributed by atoms with Gasteiger partial charge in [0.25, 0.3) is 0 Å². The summed E-state index contributed by atoms with van der Waals surface area (Å²) in [5.74, 6) is 0. The van der Waals surface area contributed by atoms with Crippen molar-refractivity contribution in [1.29, 1.82) is 0 Å². The zero-order valence-electron chi connectivity index (χ0n) is 6.60. The van der Waals surface area contributed by atoms with Crippen LogP contribution in [0.1, 0.15) is 15.9 Å². The fourth-order valence-corrected chi connectivity index (χ4v) is 0.921. The average molecular weight is 162 g/mol. The van der Waals surface area contributed by atoms with Gasteiger partial charge in [0.15, 0.2) is 0 Å². The Balaban J connectivity index is 2.70. The van der Waals surface area contributed by atoms with Crippen molar-refractivity contribution < 1.29 is 9.90 Å². The zero-order chi connectivity index (χ0) is 8.81. The van der Waals surface area contributed by atoms with E-state index >= 15 is 0 Å². The molecule has 0 heterocycles. The molecule has 2 nitrogen and oxygen atoms in total. The second-order valence-electron chi connectivity index (χ2n) is 2.45. The lowest BCUT2D eigenvalue weighted by atomic mass is 10.1. The molecule has 0 aliphatic rings. The number of rotatable bonds is 3. The quantitative estimate of drug-likeness (QED) is 0.546. The molecular weight excluding hydrogens is 152 g/mol. The Bertz CT molecular complexity index is 272. The Kier molecular flexibility index (Phi) is 3.08. The SMILES string of the molecule is O=Cc1ccc(CC=CO)cc1. The molecule has 0 unspecified atom stereocenters. The number of hydrogen-bond donors (Lipinski definition) is 1. The third-order valence-electron chi connectivity index (χ3n) is 1.57. The van der Waals surface area contributed by atoms with E-state index in [-0.39, 0.29) is 0 Å². The van der Waals surface area contributed by atoms with Crippen LogP contribution in [0.5, 0.6) is 0 Å². The minimum Gasteiger partial charge on any atom is -0.516 e. The maximum absolute atomic E-state index is 10.3. The number of aldehydes is 1. The first-order valence-electron chi connectivity index (χ1n) is 3.70. The van der Waals surface area contributed by atoms with Crippen LogP contribution in [0.3, 0.4) is 0 Å². The smallest absolute Gasteiger partial charge is 0.150 e. The average Bonchev–Trinajstić information content (AvgIpc) is 2.15. The van der Waals surface area contributed by atoms with Crippen LogP contribution in [-0.2, 0) is 6.42 Å². The molecule has 0 fully saturated rings. The Morgan fingerprint density at radius 3 is 2.42 bits per heavy atom. The van der Waals surface area contributed by atoms with Gasteiger partial charge in [-0.25, -0.2) is 0 Å². The predicted octanol–water partition coefficient (Wildman–Crippen LogP) is 2.11. The van der Waals surface area contributed by atoms with Crippen molar-refractivity contribution in [2.24, 2.45) is 0 Å². The molecule has 1 aromatic rings. The second-order valence-corrected chi connectivity index (χ2v) is 2.45. The summed E-state index contributed by atoms with van der Waals surface area (Å²) in [6.07, 6.45) is 4.17. The molecule has 62 valence electrons. The predicted molar refractivity (Wildman–Crippen MR) is 47.3 cm³/mol. The number of allylic oxidation sites excluding steroid dienone is 1. The number of carbonyl (C=O) groups is 1. The summed E-state index contributed by atoms with van der Waals surface area (Å²) in [7, 11) is 0. The highest BCUT2D eigenvalue weighted by atomic mass is 16.2. The molecule has 0 saturated heterocycles. The standard InChI is InChI=1S/C10H10O2/c11-7-1-2-9-3-5-10(8-12)6-4-9/h1,3-8,11H,2H2. The van der Waals surface area contributed by atoms with E-state index in [2.05, 4.69) is 0 Å². The van der Waals surface area contributed by atoms with Crippen LogP contribution in [-0.4, -0.2) is 11.4 Å². The van der Waals surface area contributed by atoms with E-state index in [1.807, 2.05) is 12.1 Å². The van der Waals surface area contributed by atoms with Crippen molar-refractivity contribution in [2.75, 3.05) is 0 Å². The van der Waals surface area contributed by atoms with Crippen molar-refractivity contribution >= 4 is 6.29 Å². The highest BCUT2D eigenvalue weighted by Gasteiger charge is 1.90. The maximum Gasteiger partial charge on any atom is 0.150 e. The topological polar surface area (TPSA) is 37.3 Å². The lowest BCUT2D eigenvalue weighted by molar-refractivity contribution is 0.112. The Morgan fingerprint density at radius 2 is 1.92 bits per heavy atom. The highest BCUT2D eigenvalue weighted by Crippen LogP contribution is 2.03. The molecule has 0 amide bonds. The summed E-state index contributed by atoms with van der Waals surface area (Å²) in [5.41, 5.74) is 1.75. The second kappa shape index (κ2) is 4.34. The van der Waals surface area contributed by atoms with E-state index in [4.69, 9.17) is 5.11 Å². The van der Waals surface area contributed by atoms with Crippen molar-refractivity contribution in [2.45, 2.75) is 6.42 Å². The van der Waals surface area contributed by atoms with Crippen LogP contribution in [0.4, 0.5) is 0 Å². The minimum atomic E-state index is 0.673. The van der Waals surface area contributed by atoms with Crippen LogP contribution in [0.2, 0.25) is 0 Å². The van der Waals surface area contributed by atoms with Crippen molar-refractivity contribution in [3.05, 3.63) is 47.7 Å². The zero-order valence-corrected chi connectivity index (χ0v) is 6.60. The van der Waals surface area contributed by atoms with Gasteiger partial charge in [0, 0.05) is 5.56 Å². The molecule has 0 atom stereocenters. The highest BCUT2D eigenvalue weighted by molar-refractivity contribution is 5.74. The van der Waals surface area contributed by atoms with Gasteiger partial charge in [-0.15, -0.1) is 0 Å². The van der Waals surface area contributed by atoms with E-state index in [9.17, 15) is 4.79 Å². The van der Waals surface area contributed by atoms with Crippen LogP contribution in [0, 0.1) is 0 Å². The van der Waals surface area contributed by atoms with E-state index in [1.165, 1.54) is 0 Å². The number of aliphatic hydroxyl groups excluding tert-OH is 1. The first-order valence-corrected chi connectivity index (χ1v) is 3.70. The van der Waals surface area contributed by atoms with Gasteiger partial charge in [-0.3, -0.25) is 4.79 Å². The molecular formula is C10H10O2. The third kappa shape index (κ3) is 2.23. The summed E-state index contributed by atoms with van der Waals surface area (Å²) >= 11 is 0. The Morgan fingerprint density at radius 1 is 1.25 bits per heavy atom. The lowest BCUT2D eigenvalue weighted by Gasteiger charge is -1.95. The molecule has 0 radical (unpaired) electrons. The number of aliphatic hydroxyl groups is 1. The fraction of sp³-hybridized carbons (Fsp3) is 0.100. The van der Waals surface area contributed by atoms with Crippen molar-refractivity contribution in [3.8, 4) is 0 Å². The molecule has 12 heavy (non-hydrogen) atoms. The Hall–Kier alpha value is -1.57. The van der Waals surface area contributed by atoms with E-state index in [1.54, 1.807) is 18.2 Å². The van der Waals surface area contributed by atoms with Crippen molar-refractivity contribution in [3.63, 3.8) is 0 Å². The van der Waals surface area contributed by atoms with Gasteiger partial charge in [0.1, 0.15) is 6.29 Å². The minimum absolute atomic E-state index is 0.673. The molecule has 0 aliphatic heterocycles. The van der Waals surface area contributed by atoms with E-state index < -0.39 is 0 Å². The molecule has 1 aromatic carbocycles. The molecule has 0 bridgehead atoms. The number of hydrogen-bond acceptors (Lipinski definition) is 2. The van der Waals surface area contributed by atoms with E-state index in [0.29, 0.717) is 12.0 Å². The molecule has 2 heteroatoms. The third-order valence-corrected chi connectivity index (χ3v) is 1.57. The molecule has 1 rings (SSSR count). The van der Waals surface area contributed by atoms with Gasteiger partial charge in [-0.05, 0) is 18.1 Å². The fourth-order valence-electron chi connectivity index (χ4n) is 0.921. The maximum atomic E-state index is 10.3. The molecule has 0 spiro atoms. The summed E-state index contributed by atoms with van der Waals surface area (Å²) in [4.78, 5) is 10.3. The number of carbonyl (C=O) groups excluding carboxylic acids is 1. The van der Waals surface area contributed by atoms with Gasteiger partial charge >= 0.3 is 0 Å². The summed E-state index contributed by atoms with van der Waals surface area (Å²) in [5, 5.41) is 8.39. The normalized spacial score (nSPS) is 10.3. The van der Waals surface area contributed by atoms with Gasteiger partial charge in [0.2, 0.25) is 0 Å². The summed E-state index contributed by atoms with van der Waals surface area (Å²) in [6, 6.07) is 7.24. The summed E-state index contributed by atoms with van der Waals surface area (Å²) < 4.78 is 0. The van der Waals surface area contributed by atoms with Crippen LogP contribution in [0.15, 0.2) is 36.6 Å². The largest absolute Gasteiger partial charge is 0.516 e. The van der Waals surface area contributed by atoms with Crippen LogP contribution < -0.4 is 0 Å².